The van der Waals surface area contributed by atoms with Crippen molar-refractivity contribution in [3.8, 4) is 0 Å². The van der Waals surface area contributed by atoms with Gasteiger partial charge in [-0.1, -0.05) is 104 Å². The van der Waals surface area contributed by atoms with Crippen LogP contribution in [0.3, 0.4) is 0 Å². The fourth-order valence-corrected chi connectivity index (χ4v) is 5.58. The fourth-order valence-electron chi connectivity index (χ4n) is 4.84. The second kappa shape index (κ2) is 37.2. The molecule has 0 fully saturated rings. The maximum Gasteiger partial charge on any atom is 0.472 e. The maximum atomic E-state index is 12.6. The summed E-state index contributed by atoms with van der Waals surface area (Å²) >= 11 is 0. The average molecular weight is 819 g/mol. The Hall–Kier alpha value is -3.11. The Morgan fingerprint density at radius 1 is 0.614 bits per heavy atom. The van der Waals surface area contributed by atoms with E-state index in [4.69, 9.17) is 18.5 Å². The number of phosphoric acid groups is 1. The molecule has 0 aliphatic carbocycles. The van der Waals surface area contributed by atoms with Crippen LogP contribution in [0.4, 0.5) is 0 Å². The van der Waals surface area contributed by atoms with Crippen molar-refractivity contribution < 1.29 is 47.2 Å². The van der Waals surface area contributed by atoms with E-state index in [1.807, 2.05) is 34.1 Å². The zero-order valence-electron chi connectivity index (χ0n) is 35.9. The number of rotatable bonds is 36. The van der Waals surface area contributed by atoms with E-state index >= 15 is 0 Å². The molecular weight excluding hydrogens is 741 g/mol. The van der Waals surface area contributed by atoms with Crippen LogP contribution in [-0.4, -0.2) is 86.1 Å². The molecule has 0 aromatic heterocycles. The minimum atomic E-state index is -4.41. The first-order chi connectivity index (χ1) is 27.3. The number of esters is 2. The normalized spacial score (nSPS) is 15.1. The van der Waals surface area contributed by atoms with Gasteiger partial charge in [-0.05, 0) is 103 Å². The number of quaternary nitrogens is 1. The summed E-state index contributed by atoms with van der Waals surface area (Å²) in [6.45, 7) is 3.70. The van der Waals surface area contributed by atoms with Crippen LogP contribution in [-0.2, 0) is 32.7 Å². The monoisotopic (exact) mass is 819 g/mol. The van der Waals surface area contributed by atoms with Crippen molar-refractivity contribution in [1.29, 1.82) is 0 Å². The highest BCUT2D eigenvalue weighted by Crippen LogP contribution is 2.43. The molecule has 324 valence electrons. The summed E-state index contributed by atoms with van der Waals surface area (Å²) in [6.07, 6.45) is 46.0. The molecule has 0 aliphatic heterocycles. The van der Waals surface area contributed by atoms with Crippen LogP contribution in [0.25, 0.3) is 0 Å². The summed E-state index contributed by atoms with van der Waals surface area (Å²) in [5.74, 6) is -0.943. The van der Waals surface area contributed by atoms with E-state index in [1.165, 1.54) is 0 Å². The predicted molar refractivity (Wildman–Crippen MR) is 234 cm³/mol. The van der Waals surface area contributed by atoms with Crippen LogP contribution in [0.5, 0.6) is 0 Å². The Labute approximate surface area is 346 Å². The number of hydrogen-bond acceptors (Lipinski definition) is 8. The number of hydrogen-bond donors (Lipinski definition) is 2. The van der Waals surface area contributed by atoms with Gasteiger partial charge < -0.3 is 24.0 Å². The molecule has 11 heteroatoms. The van der Waals surface area contributed by atoms with Gasteiger partial charge in [0.15, 0.2) is 6.10 Å². The molecule has 0 aromatic rings. The summed E-state index contributed by atoms with van der Waals surface area (Å²) in [6, 6.07) is 0. The summed E-state index contributed by atoms with van der Waals surface area (Å²) < 4.78 is 34.1. The van der Waals surface area contributed by atoms with Crippen LogP contribution in [0.15, 0.2) is 97.2 Å². The maximum absolute atomic E-state index is 12.6. The van der Waals surface area contributed by atoms with Crippen molar-refractivity contribution >= 4 is 19.8 Å². The van der Waals surface area contributed by atoms with Gasteiger partial charge in [0.2, 0.25) is 0 Å². The highest BCUT2D eigenvalue weighted by Gasteiger charge is 2.27. The van der Waals surface area contributed by atoms with Gasteiger partial charge in [0.25, 0.3) is 0 Å². The van der Waals surface area contributed by atoms with Crippen molar-refractivity contribution in [3.05, 3.63) is 97.2 Å². The lowest BCUT2D eigenvalue weighted by atomic mass is 10.1. The van der Waals surface area contributed by atoms with Crippen molar-refractivity contribution in [2.45, 2.75) is 135 Å². The lowest BCUT2D eigenvalue weighted by Gasteiger charge is -2.24. The summed E-state index contributed by atoms with van der Waals surface area (Å²) in [5.41, 5.74) is 0. The largest absolute Gasteiger partial charge is 0.472 e. The first-order valence-corrected chi connectivity index (χ1v) is 22.5. The van der Waals surface area contributed by atoms with Crippen LogP contribution in [0, 0.1) is 0 Å². The second-order valence-electron chi connectivity index (χ2n) is 14.9. The van der Waals surface area contributed by atoms with E-state index in [0.29, 0.717) is 30.3 Å². The number of unbranched alkanes of at least 4 members (excludes halogenated alkanes) is 4. The molecule has 0 spiro atoms. The van der Waals surface area contributed by atoms with Crippen molar-refractivity contribution in [1.82, 2.24) is 0 Å². The average Bonchev–Trinajstić information content (AvgIpc) is 3.14. The molecule has 2 N–H and O–H groups in total. The Bertz CT molecular complexity index is 1300. The molecule has 0 saturated heterocycles. The topological polar surface area (TPSA) is 129 Å². The van der Waals surface area contributed by atoms with Crippen molar-refractivity contribution in [2.24, 2.45) is 0 Å². The van der Waals surface area contributed by atoms with Gasteiger partial charge in [0.1, 0.15) is 19.8 Å². The molecule has 3 atom stereocenters. The van der Waals surface area contributed by atoms with E-state index in [1.54, 1.807) is 0 Å². The Morgan fingerprint density at radius 2 is 1.07 bits per heavy atom. The molecule has 57 heavy (non-hydrogen) atoms. The molecule has 0 amide bonds. The number of allylic oxidation sites excluding steroid dienone is 16. The molecule has 0 bridgehead atoms. The third-order valence-electron chi connectivity index (χ3n) is 8.12. The molecular formula is C46H77NO9P+. The number of aliphatic hydroxyl groups excluding tert-OH is 1. The SMILES string of the molecule is CC/C=C\C/C=C\C/C=C\C/C=C\CCCCC(=O)O[C@H](COC(=O)CCC/C=C\C/C=C\C/C=C\C/C=C\CCC[C@@H](C)O)COP(=O)(O)OCC[N+](C)(C)C. The fraction of sp³-hybridized carbons (Fsp3) is 0.609. The number of phosphoric ester groups is 1. The summed E-state index contributed by atoms with van der Waals surface area (Å²) in [7, 11) is 1.38. The zero-order chi connectivity index (χ0) is 42.3. The minimum Gasteiger partial charge on any atom is -0.462 e. The highest BCUT2D eigenvalue weighted by molar-refractivity contribution is 7.47. The van der Waals surface area contributed by atoms with Gasteiger partial charge in [-0.2, -0.15) is 0 Å². The van der Waals surface area contributed by atoms with E-state index in [2.05, 4.69) is 98.1 Å². The van der Waals surface area contributed by atoms with E-state index in [0.717, 1.165) is 77.0 Å². The number of nitrogens with zero attached hydrogens (tertiary/aromatic N) is 1. The molecule has 0 saturated carbocycles. The zero-order valence-corrected chi connectivity index (χ0v) is 36.8. The molecule has 0 rings (SSSR count). The first-order valence-electron chi connectivity index (χ1n) is 21.0. The lowest BCUT2D eigenvalue weighted by Crippen LogP contribution is -2.37. The Morgan fingerprint density at radius 3 is 1.56 bits per heavy atom. The minimum absolute atomic E-state index is 0.00385. The molecule has 1 unspecified atom stereocenters. The molecule has 0 heterocycles. The number of aliphatic hydroxyl groups is 1. The number of carbonyl (C=O) groups is 2. The van der Waals surface area contributed by atoms with Gasteiger partial charge in [-0.15, -0.1) is 0 Å². The van der Waals surface area contributed by atoms with Gasteiger partial charge in [-0.25, -0.2) is 4.57 Å². The molecule has 0 radical (unpaired) electrons. The quantitative estimate of drug-likeness (QED) is 0.0209. The van der Waals surface area contributed by atoms with Crippen LogP contribution >= 0.6 is 7.82 Å². The molecule has 0 aromatic carbocycles. The van der Waals surface area contributed by atoms with Crippen molar-refractivity contribution in [3.63, 3.8) is 0 Å². The highest BCUT2D eigenvalue weighted by atomic mass is 31.2. The number of likely N-dealkylation sites (N-methyl/N-ethyl adjacent to an activating group) is 1. The third-order valence-corrected chi connectivity index (χ3v) is 9.10. The Kier molecular flexibility index (Phi) is 35.2. The first kappa shape index (κ1) is 53.9. The third kappa shape index (κ3) is 42.3. The van der Waals surface area contributed by atoms with Crippen molar-refractivity contribution in [2.75, 3.05) is 47.5 Å². The van der Waals surface area contributed by atoms with Gasteiger partial charge in [-0.3, -0.25) is 18.6 Å². The van der Waals surface area contributed by atoms with Crippen LogP contribution in [0.1, 0.15) is 123 Å². The van der Waals surface area contributed by atoms with Gasteiger partial charge >= 0.3 is 19.8 Å². The lowest BCUT2D eigenvalue weighted by molar-refractivity contribution is -0.870. The van der Waals surface area contributed by atoms with E-state index in [9.17, 15) is 24.2 Å². The number of carbonyl (C=O) groups excluding carboxylic acids is 2. The van der Waals surface area contributed by atoms with Gasteiger partial charge in [0.05, 0.1) is 33.9 Å². The second-order valence-corrected chi connectivity index (χ2v) is 16.4. The summed E-state index contributed by atoms with van der Waals surface area (Å²) in [4.78, 5) is 35.3. The summed E-state index contributed by atoms with van der Waals surface area (Å²) in [5, 5.41) is 9.27. The van der Waals surface area contributed by atoms with E-state index in [-0.39, 0.29) is 32.2 Å². The van der Waals surface area contributed by atoms with Gasteiger partial charge in [0, 0.05) is 12.8 Å². The standard InChI is InChI=1S/C46H76NO9P/c1-6-7-8-9-10-11-12-13-15-20-23-26-29-32-35-38-46(50)56-44(42-55-57(51,52)54-40-39-47(3,4)5)41-53-45(49)37-34-31-28-25-22-19-17-14-16-18-21-24-27-30-33-36-43(2)48/h7-8,10-11,13,15-19,23-28,43-44,48H,6,9,12,14,20-22,29-42H2,1-5H3/p+1/b8-7-,11-10-,15-13-,18-16-,19-17-,26-23-,27-24-,28-25-/t43-,44-/m1/s1. The van der Waals surface area contributed by atoms with E-state index < -0.39 is 32.5 Å². The van der Waals surface area contributed by atoms with Crippen LogP contribution < -0.4 is 0 Å². The molecule has 10 nitrogen and oxygen atoms in total. The smallest absolute Gasteiger partial charge is 0.462 e. The Balaban J connectivity index is 4.57. The number of ether oxygens (including phenoxy) is 2. The van der Waals surface area contributed by atoms with Crippen LogP contribution in [0.2, 0.25) is 0 Å². The molecule has 0 aliphatic rings. The predicted octanol–water partition coefficient (Wildman–Crippen LogP) is 10.8.